The van der Waals surface area contributed by atoms with Crippen LogP contribution in [0.15, 0.2) is 61.5 Å². The molecule has 0 radical (unpaired) electrons. The number of nitrogens with one attached hydrogen (secondary N) is 3. The van der Waals surface area contributed by atoms with Crippen LogP contribution in [0.4, 0.5) is 23.0 Å². The number of hydrogen-bond donors (Lipinski definition) is 3. The normalized spacial score (nSPS) is 18.3. The maximum atomic E-state index is 4.93. The summed E-state index contributed by atoms with van der Waals surface area (Å²) in [4.78, 5) is 7.27. The van der Waals surface area contributed by atoms with Gasteiger partial charge < -0.3 is 20.9 Å². The Morgan fingerprint density at radius 1 is 1.18 bits per heavy atom. The fourth-order valence-corrected chi connectivity index (χ4v) is 4.43. The van der Waals surface area contributed by atoms with E-state index in [-0.39, 0.29) is 0 Å². The molecule has 4 rings (SSSR count). The topological polar surface area (TPSA) is 69.5 Å². The van der Waals surface area contributed by atoms with Crippen LogP contribution in [0, 0.1) is 0 Å². The SMILES string of the molecule is C=CC(=C)Nc1cccc(Nc2cc(NC3CCC(N(C)C)CC3)nc3c(CC)cnn23)c1. The van der Waals surface area contributed by atoms with Crippen molar-refractivity contribution in [2.45, 2.75) is 51.1 Å². The monoisotopic (exact) mass is 445 g/mol. The summed E-state index contributed by atoms with van der Waals surface area (Å²) < 4.78 is 1.88. The van der Waals surface area contributed by atoms with E-state index in [1.807, 2.05) is 35.0 Å². The minimum Gasteiger partial charge on any atom is -0.367 e. The van der Waals surface area contributed by atoms with E-state index in [1.54, 1.807) is 6.08 Å². The summed E-state index contributed by atoms with van der Waals surface area (Å²) in [5.74, 6) is 1.77. The molecular weight excluding hydrogens is 410 g/mol. The first-order valence-corrected chi connectivity index (χ1v) is 11.7. The van der Waals surface area contributed by atoms with Gasteiger partial charge in [-0.3, -0.25) is 0 Å². The van der Waals surface area contributed by atoms with Crippen molar-refractivity contribution in [1.82, 2.24) is 19.5 Å². The molecular formula is C26H35N7. The van der Waals surface area contributed by atoms with Crippen molar-refractivity contribution < 1.29 is 0 Å². The minimum atomic E-state index is 0.439. The average molecular weight is 446 g/mol. The lowest BCUT2D eigenvalue weighted by molar-refractivity contribution is 0.221. The van der Waals surface area contributed by atoms with Crippen molar-refractivity contribution in [3.63, 3.8) is 0 Å². The van der Waals surface area contributed by atoms with Gasteiger partial charge in [0.1, 0.15) is 11.6 Å². The molecule has 0 saturated heterocycles. The molecule has 1 aliphatic rings. The van der Waals surface area contributed by atoms with E-state index in [1.165, 1.54) is 12.8 Å². The fourth-order valence-electron chi connectivity index (χ4n) is 4.43. The highest BCUT2D eigenvalue weighted by Crippen LogP contribution is 2.28. The Bertz CT molecular complexity index is 1120. The molecule has 0 unspecified atom stereocenters. The highest BCUT2D eigenvalue weighted by Gasteiger charge is 2.23. The summed E-state index contributed by atoms with van der Waals surface area (Å²) in [6.07, 6.45) is 9.22. The van der Waals surface area contributed by atoms with Gasteiger partial charge in [-0.05, 0) is 70.5 Å². The van der Waals surface area contributed by atoms with Crippen molar-refractivity contribution in [3.05, 3.63) is 67.0 Å². The third-order valence-corrected chi connectivity index (χ3v) is 6.39. The van der Waals surface area contributed by atoms with Gasteiger partial charge in [-0.25, -0.2) is 4.98 Å². The molecule has 174 valence electrons. The summed E-state index contributed by atoms with van der Waals surface area (Å²) in [6, 6.07) is 11.3. The van der Waals surface area contributed by atoms with Gasteiger partial charge in [0.15, 0.2) is 5.65 Å². The molecule has 3 aromatic rings. The molecule has 1 saturated carbocycles. The van der Waals surface area contributed by atoms with Gasteiger partial charge >= 0.3 is 0 Å². The first-order valence-electron chi connectivity index (χ1n) is 11.7. The summed E-state index contributed by atoms with van der Waals surface area (Å²) in [5.41, 5.74) is 4.68. The molecule has 0 amide bonds. The largest absolute Gasteiger partial charge is 0.367 e. The Kier molecular flexibility index (Phi) is 6.99. The zero-order chi connectivity index (χ0) is 23.4. The molecule has 1 aromatic carbocycles. The Balaban J connectivity index is 1.59. The second-order valence-corrected chi connectivity index (χ2v) is 8.96. The minimum absolute atomic E-state index is 0.439. The molecule has 0 spiro atoms. The summed E-state index contributed by atoms with van der Waals surface area (Å²) in [5, 5.41) is 15.1. The lowest BCUT2D eigenvalue weighted by Crippen LogP contribution is -2.36. The number of anilines is 4. The number of benzene rings is 1. The Morgan fingerprint density at radius 3 is 2.64 bits per heavy atom. The molecule has 2 heterocycles. The molecule has 7 nitrogen and oxygen atoms in total. The van der Waals surface area contributed by atoms with Crippen LogP contribution in [-0.4, -0.2) is 45.7 Å². The zero-order valence-electron chi connectivity index (χ0n) is 19.9. The van der Waals surface area contributed by atoms with Crippen molar-refractivity contribution in [2.75, 3.05) is 30.0 Å². The van der Waals surface area contributed by atoms with E-state index >= 15 is 0 Å². The van der Waals surface area contributed by atoms with Crippen molar-refractivity contribution in [2.24, 2.45) is 0 Å². The maximum absolute atomic E-state index is 4.93. The first-order chi connectivity index (χ1) is 16.0. The van der Waals surface area contributed by atoms with E-state index in [0.29, 0.717) is 12.1 Å². The van der Waals surface area contributed by atoms with Crippen molar-refractivity contribution >= 4 is 28.7 Å². The molecule has 7 heteroatoms. The van der Waals surface area contributed by atoms with Crippen LogP contribution >= 0.6 is 0 Å². The van der Waals surface area contributed by atoms with E-state index < -0.39 is 0 Å². The number of aromatic nitrogens is 3. The van der Waals surface area contributed by atoms with Gasteiger partial charge in [0, 0.05) is 40.8 Å². The molecule has 1 aliphatic carbocycles. The molecule has 0 aliphatic heterocycles. The van der Waals surface area contributed by atoms with Gasteiger partial charge in [-0.2, -0.15) is 9.61 Å². The molecule has 0 atom stereocenters. The number of aryl methyl sites for hydroxylation is 1. The van der Waals surface area contributed by atoms with Gasteiger partial charge in [0.05, 0.1) is 6.20 Å². The third-order valence-electron chi connectivity index (χ3n) is 6.39. The summed E-state index contributed by atoms with van der Waals surface area (Å²) in [6.45, 7) is 9.82. The second-order valence-electron chi connectivity index (χ2n) is 8.96. The van der Waals surface area contributed by atoms with E-state index in [0.717, 1.165) is 59.2 Å². The van der Waals surface area contributed by atoms with E-state index in [9.17, 15) is 0 Å². The maximum Gasteiger partial charge on any atom is 0.162 e. The second kappa shape index (κ2) is 10.1. The van der Waals surface area contributed by atoms with Crippen LogP contribution in [0.2, 0.25) is 0 Å². The van der Waals surface area contributed by atoms with Crippen LogP contribution in [0.5, 0.6) is 0 Å². The predicted molar refractivity (Wildman–Crippen MR) is 138 cm³/mol. The smallest absolute Gasteiger partial charge is 0.162 e. The van der Waals surface area contributed by atoms with Crippen LogP contribution in [0.3, 0.4) is 0 Å². The Labute approximate surface area is 196 Å². The fraction of sp³-hybridized carbons (Fsp3) is 0.385. The van der Waals surface area contributed by atoms with Gasteiger partial charge in [0.25, 0.3) is 0 Å². The van der Waals surface area contributed by atoms with Crippen LogP contribution in [0.1, 0.15) is 38.2 Å². The van der Waals surface area contributed by atoms with Crippen LogP contribution in [-0.2, 0) is 6.42 Å². The Hall–Kier alpha value is -3.32. The molecule has 3 N–H and O–H groups in total. The molecule has 1 fully saturated rings. The highest BCUT2D eigenvalue weighted by atomic mass is 15.3. The summed E-state index contributed by atoms with van der Waals surface area (Å²) in [7, 11) is 4.35. The van der Waals surface area contributed by atoms with Crippen molar-refractivity contribution in [3.8, 4) is 0 Å². The highest BCUT2D eigenvalue weighted by molar-refractivity contribution is 5.68. The molecule has 0 bridgehead atoms. The zero-order valence-corrected chi connectivity index (χ0v) is 19.9. The summed E-state index contributed by atoms with van der Waals surface area (Å²) >= 11 is 0. The predicted octanol–water partition coefficient (Wildman–Crippen LogP) is 5.43. The van der Waals surface area contributed by atoms with Crippen LogP contribution in [0.25, 0.3) is 5.65 Å². The first kappa shape index (κ1) is 22.9. The number of nitrogens with zero attached hydrogens (tertiary/aromatic N) is 4. The quantitative estimate of drug-likeness (QED) is 0.382. The number of fused-ring (bicyclic) bond motifs is 1. The number of allylic oxidation sites excluding steroid dienone is 1. The molecule has 2 aromatic heterocycles. The van der Waals surface area contributed by atoms with Gasteiger partial charge in [0.2, 0.25) is 0 Å². The molecule has 33 heavy (non-hydrogen) atoms. The Morgan fingerprint density at radius 2 is 1.94 bits per heavy atom. The van der Waals surface area contributed by atoms with Crippen LogP contribution < -0.4 is 16.0 Å². The number of rotatable bonds is 9. The van der Waals surface area contributed by atoms with Gasteiger partial charge in [-0.1, -0.05) is 26.1 Å². The van der Waals surface area contributed by atoms with Crippen molar-refractivity contribution in [1.29, 1.82) is 0 Å². The standard InChI is InChI=1S/C26H35N7/c1-6-18(3)28-21-9-8-10-22(15-21)30-25-16-24(31-26-19(7-2)17-27-33(25)26)29-20-11-13-23(14-12-20)32(4)5/h6,8-10,15-17,20,23,28,30H,1,3,7,11-14H2,2,4-5H3,(H,29,31). The van der Waals surface area contributed by atoms with Gasteiger partial charge in [-0.15, -0.1) is 0 Å². The number of hydrogen-bond acceptors (Lipinski definition) is 6. The van der Waals surface area contributed by atoms with E-state index in [4.69, 9.17) is 4.98 Å². The third kappa shape index (κ3) is 5.37. The van der Waals surface area contributed by atoms with E-state index in [2.05, 4.69) is 66.2 Å². The lowest BCUT2D eigenvalue weighted by Gasteiger charge is -2.33. The average Bonchev–Trinajstić information content (AvgIpc) is 3.23. The lowest BCUT2D eigenvalue weighted by atomic mass is 9.90.